The van der Waals surface area contributed by atoms with E-state index in [0.29, 0.717) is 17.8 Å². The van der Waals surface area contributed by atoms with Crippen LogP contribution in [0.4, 0.5) is 0 Å². The number of carbonyl (C=O) groups excluding carboxylic acids is 1. The monoisotopic (exact) mass is 375 g/mol. The van der Waals surface area contributed by atoms with Gasteiger partial charge in [-0.15, -0.1) is 0 Å². The Bertz CT molecular complexity index is 961. The maximum atomic E-state index is 12.8. The van der Waals surface area contributed by atoms with Crippen molar-refractivity contribution in [1.82, 2.24) is 14.9 Å². The summed E-state index contributed by atoms with van der Waals surface area (Å²) in [5.74, 6) is -0.0572. The molecule has 3 aromatic rings. The lowest BCUT2D eigenvalue weighted by atomic mass is 10.1. The van der Waals surface area contributed by atoms with Gasteiger partial charge < -0.3 is 10.0 Å². The highest BCUT2D eigenvalue weighted by Gasteiger charge is 2.14. The van der Waals surface area contributed by atoms with Gasteiger partial charge in [-0.05, 0) is 62.7 Å². The molecular formula is C23H25N3O2. The number of aliphatic hydroxyl groups excluding tert-OH is 1. The fourth-order valence-electron chi connectivity index (χ4n) is 3.17. The molecule has 0 fully saturated rings. The van der Waals surface area contributed by atoms with Gasteiger partial charge >= 0.3 is 0 Å². The zero-order chi connectivity index (χ0) is 20.3. The molecule has 0 saturated carbocycles. The summed E-state index contributed by atoms with van der Waals surface area (Å²) in [5.41, 5.74) is 5.87. The van der Waals surface area contributed by atoms with Crippen molar-refractivity contribution in [2.45, 2.75) is 33.4 Å². The molecule has 0 unspecified atom stereocenters. The number of nitrogens with zero attached hydrogens (tertiary/aromatic N) is 3. The highest BCUT2D eigenvalue weighted by atomic mass is 16.3. The summed E-state index contributed by atoms with van der Waals surface area (Å²) >= 11 is 0. The van der Waals surface area contributed by atoms with Crippen molar-refractivity contribution in [2.24, 2.45) is 0 Å². The van der Waals surface area contributed by atoms with E-state index in [2.05, 4.69) is 9.97 Å². The Labute approximate surface area is 165 Å². The van der Waals surface area contributed by atoms with E-state index in [4.69, 9.17) is 0 Å². The number of aryl methyl sites for hydroxylation is 2. The van der Waals surface area contributed by atoms with Crippen molar-refractivity contribution in [3.63, 3.8) is 0 Å². The lowest BCUT2D eigenvalue weighted by molar-refractivity contribution is 0.0783. The Balaban J connectivity index is 1.75. The van der Waals surface area contributed by atoms with Gasteiger partial charge in [-0.25, -0.2) is 0 Å². The third-order valence-corrected chi connectivity index (χ3v) is 4.52. The lowest BCUT2D eigenvalue weighted by Gasteiger charge is -2.17. The minimum atomic E-state index is -0.617. The van der Waals surface area contributed by atoms with E-state index >= 15 is 0 Å². The number of benzene rings is 1. The summed E-state index contributed by atoms with van der Waals surface area (Å²) in [7, 11) is 1.78. The van der Waals surface area contributed by atoms with E-state index < -0.39 is 6.10 Å². The van der Waals surface area contributed by atoms with Crippen LogP contribution < -0.4 is 0 Å². The van der Waals surface area contributed by atoms with Gasteiger partial charge in [0.05, 0.1) is 29.7 Å². The first-order valence-corrected chi connectivity index (χ1v) is 9.28. The van der Waals surface area contributed by atoms with Crippen LogP contribution in [0.15, 0.2) is 54.6 Å². The van der Waals surface area contributed by atoms with Crippen LogP contribution in [0.2, 0.25) is 0 Å². The van der Waals surface area contributed by atoms with Gasteiger partial charge in [0.15, 0.2) is 0 Å². The van der Waals surface area contributed by atoms with Crippen LogP contribution in [-0.4, -0.2) is 32.9 Å². The minimum absolute atomic E-state index is 0.0572. The Kier molecular flexibility index (Phi) is 5.85. The molecule has 3 rings (SSSR count). The van der Waals surface area contributed by atoms with Crippen molar-refractivity contribution in [3.8, 4) is 11.3 Å². The topological polar surface area (TPSA) is 66.3 Å². The average molecular weight is 375 g/mol. The molecule has 0 aliphatic rings. The molecule has 1 atom stereocenters. The van der Waals surface area contributed by atoms with Crippen molar-refractivity contribution < 1.29 is 9.90 Å². The van der Waals surface area contributed by atoms with Gasteiger partial charge in [0.25, 0.3) is 5.91 Å². The lowest BCUT2D eigenvalue weighted by Crippen LogP contribution is -2.26. The summed E-state index contributed by atoms with van der Waals surface area (Å²) in [5, 5.41) is 9.71. The minimum Gasteiger partial charge on any atom is -0.387 e. The smallest absolute Gasteiger partial charge is 0.253 e. The van der Waals surface area contributed by atoms with E-state index in [1.165, 1.54) is 0 Å². The van der Waals surface area contributed by atoms with E-state index in [-0.39, 0.29) is 5.91 Å². The first-order chi connectivity index (χ1) is 13.3. The molecule has 2 heterocycles. The van der Waals surface area contributed by atoms with Gasteiger partial charge in [-0.1, -0.05) is 18.2 Å². The molecule has 1 amide bonds. The van der Waals surface area contributed by atoms with Gasteiger partial charge in [-0.2, -0.15) is 0 Å². The van der Waals surface area contributed by atoms with Crippen LogP contribution in [0.25, 0.3) is 11.3 Å². The van der Waals surface area contributed by atoms with Crippen molar-refractivity contribution in [2.75, 3.05) is 7.05 Å². The van der Waals surface area contributed by atoms with Crippen LogP contribution in [-0.2, 0) is 6.54 Å². The molecule has 1 aromatic carbocycles. The first kappa shape index (κ1) is 19.7. The first-order valence-electron chi connectivity index (χ1n) is 9.28. The van der Waals surface area contributed by atoms with Gasteiger partial charge in [-0.3, -0.25) is 14.8 Å². The van der Waals surface area contributed by atoms with Crippen LogP contribution in [0.1, 0.15) is 46.0 Å². The number of rotatable bonds is 5. The normalized spacial score (nSPS) is 11.9. The molecule has 0 radical (unpaired) electrons. The molecule has 5 nitrogen and oxygen atoms in total. The van der Waals surface area contributed by atoms with E-state index in [1.54, 1.807) is 37.1 Å². The van der Waals surface area contributed by atoms with E-state index in [1.807, 2.05) is 50.2 Å². The Morgan fingerprint density at radius 1 is 1.07 bits per heavy atom. The summed E-state index contributed by atoms with van der Waals surface area (Å²) in [6, 6.07) is 16.9. The average Bonchev–Trinajstić information content (AvgIpc) is 2.66. The van der Waals surface area contributed by atoms with Crippen molar-refractivity contribution in [3.05, 3.63) is 82.8 Å². The summed E-state index contributed by atoms with van der Waals surface area (Å²) in [4.78, 5) is 23.4. The maximum absolute atomic E-state index is 12.8. The second-order valence-electron chi connectivity index (χ2n) is 7.14. The second kappa shape index (κ2) is 8.31. The molecular weight excluding hydrogens is 350 g/mol. The van der Waals surface area contributed by atoms with Crippen molar-refractivity contribution in [1.29, 1.82) is 0 Å². The number of hydrogen-bond donors (Lipinski definition) is 1. The summed E-state index contributed by atoms with van der Waals surface area (Å²) < 4.78 is 0. The Morgan fingerprint density at radius 3 is 2.43 bits per heavy atom. The zero-order valence-corrected chi connectivity index (χ0v) is 16.7. The molecule has 28 heavy (non-hydrogen) atoms. The predicted octanol–water partition coefficient (Wildman–Crippen LogP) is 4.09. The molecule has 0 spiro atoms. The van der Waals surface area contributed by atoms with Crippen LogP contribution in [0.5, 0.6) is 0 Å². The molecule has 0 saturated heterocycles. The van der Waals surface area contributed by atoms with E-state index in [0.717, 1.165) is 28.2 Å². The Hall–Kier alpha value is -3.05. The number of carbonyl (C=O) groups is 1. The standard InChI is InChI=1S/C23H25N3O2/c1-15-12-16(2)24-20(13-15)14-26(4)23(28)19-10-8-18(9-11-19)22-7-5-6-21(25-22)17(3)27/h5-13,17,27H,14H2,1-4H3/t17-/m0/s1. The molecule has 5 heteroatoms. The van der Waals surface area contributed by atoms with Gasteiger partial charge in [0, 0.05) is 23.9 Å². The fourth-order valence-corrected chi connectivity index (χ4v) is 3.17. The van der Waals surface area contributed by atoms with Gasteiger partial charge in [0.1, 0.15) is 0 Å². The molecule has 0 aliphatic carbocycles. The molecule has 2 aromatic heterocycles. The third kappa shape index (κ3) is 4.61. The SMILES string of the molecule is Cc1cc(C)nc(CN(C)C(=O)c2ccc(-c3cccc([C@H](C)O)n3)cc2)c1. The quantitative estimate of drug-likeness (QED) is 0.729. The van der Waals surface area contributed by atoms with Crippen LogP contribution in [0.3, 0.4) is 0 Å². The summed E-state index contributed by atoms with van der Waals surface area (Å²) in [6.07, 6.45) is -0.617. The number of amides is 1. The second-order valence-corrected chi connectivity index (χ2v) is 7.14. The third-order valence-electron chi connectivity index (χ3n) is 4.52. The number of pyridine rings is 2. The summed E-state index contributed by atoms with van der Waals surface area (Å²) in [6.45, 7) is 6.13. The zero-order valence-electron chi connectivity index (χ0n) is 16.7. The Morgan fingerprint density at radius 2 is 1.79 bits per heavy atom. The number of hydrogen-bond acceptors (Lipinski definition) is 4. The molecule has 144 valence electrons. The van der Waals surface area contributed by atoms with Crippen molar-refractivity contribution >= 4 is 5.91 Å². The maximum Gasteiger partial charge on any atom is 0.253 e. The van der Waals surface area contributed by atoms with Crippen LogP contribution >= 0.6 is 0 Å². The highest BCUT2D eigenvalue weighted by Crippen LogP contribution is 2.21. The molecule has 0 aliphatic heterocycles. The number of aromatic nitrogens is 2. The fraction of sp³-hybridized carbons (Fsp3) is 0.261. The largest absolute Gasteiger partial charge is 0.387 e. The predicted molar refractivity (Wildman–Crippen MR) is 110 cm³/mol. The van der Waals surface area contributed by atoms with E-state index in [9.17, 15) is 9.90 Å². The van der Waals surface area contributed by atoms with Gasteiger partial charge in [0.2, 0.25) is 0 Å². The highest BCUT2D eigenvalue weighted by molar-refractivity contribution is 5.94. The van der Waals surface area contributed by atoms with Crippen LogP contribution in [0, 0.1) is 13.8 Å². The molecule has 0 bridgehead atoms. The molecule has 1 N–H and O–H groups in total. The number of aliphatic hydroxyl groups is 1.